The second-order valence-corrected chi connectivity index (χ2v) is 5.71. The zero-order valence-corrected chi connectivity index (χ0v) is 11.8. The largest absolute Gasteiger partial charge is 0.508 e. The van der Waals surface area contributed by atoms with Crippen LogP contribution in [0.3, 0.4) is 0 Å². The summed E-state index contributed by atoms with van der Waals surface area (Å²) in [5, 5.41) is 17.0. The molecular formula is C15H19N3O2. The number of benzene rings is 1. The second kappa shape index (κ2) is 4.90. The van der Waals surface area contributed by atoms with Crippen molar-refractivity contribution in [2.45, 2.75) is 25.7 Å². The molecule has 20 heavy (non-hydrogen) atoms. The van der Waals surface area contributed by atoms with E-state index < -0.39 is 0 Å². The highest BCUT2D eigenvalue weighted by Crippen LogP contribution is 2.37. The van der Waals surface area contributed by atoms with Gasteiger partial charge < -0.3 is 14.9 Å². The summed E-state index contributed by atoms with van der Waals surface area (Å²) in [7, 11) is 0. The Balaban J connectivity index is 1.97. The van der Waals surface area contributed by atoms with Gasteiger partial charge in [0.1, 0.15) is 5.75 Å². The molecule has 1 aliphatic rings. The fraction of sp³-hybridized carbons (Fsp3) is 0.467. The van der Waals surface area contributed by atoms with Gasteiger partial charge in [0, 0.05) is 12.1 Å². The van der Waals surface area contributed by atoms with Crippen molar-refractivity contribution in [1.29, 1.82) is 0 Å². The third-order valence-corrected chi connectivity index (χ3v) is 4.25. The third-order valence-electron chi connectivity index (χ3n) is 4.25. The molecule has 2 N–H and O–H groups in total. The van der Waals surface area contributed by atoms with Crippen LogP contribution < -0.4 is 5.32 Å². The zero-order valence-electron chi connectivity index (χ0n) is 11.8. The van der Waals surface area contributed by atoms with E-state index in [1.807, 2.05) is 6.07 Å². The Hall–Kier alpha value is -1.88. The minimum atomic E-state index is -0.0813. The highest BCUT2D eigenvalue weighted by Gasteiger charge is 2.43. The van der Waals surface area contributed by atoms with E-state index in [1.165, 1.54) is 0 Å². The standard InChI is InChI=1S/C15H19N3O2/c1-10(2)15(6-7-16-9-15)14-17-13(18-20-14)11-4-3-5-12(19)8-11/h3-5,8,10,16,19H,6-7,9H2,1-2H3. The Bertz CT molecular complexity index is 601. The fourth-order valence-electron chi connectivity index (χ4n) is 2.82. The van der Waals surface area contributed by atoms with Crippen LogP contribution in [0.15, 0.2) is 28.8 Å². The van der Waals surface area contributed by atoms with Crippen LogP contribution in [-0.4, -0.2) is 28.3 Å². The first kappa shape index (κ1) is 13.1. The second-order valence-electron chi connectivity index (χ2n) is 5.71. The van der Waals surface area contributed by atoms with E-state index in [0.29, 0.717) is 17.6 Å². The molecule has 106 valence electrons. The highest BCUT2D eigenvalue weighted by molar-refractivity contribution is 5.56. The molecule has 0 radical (unpaired) electrons. The van der Waals surface area contributed by atoms with Crippen LogP contribution in [-0.2, 0) is 5.41 Å². The first-order valence-electron chi connectivity index (χ1n) is 6.96. The summed E-state index contributed by atoms with van der Waals surface area (Å²) in [5.74, 6) is 1.85. The highest BCUT2D eigenvalue weighted by atomic mass is 16.5. The zero-order chi connectivity index (χ0) is 14.2. The van der Waals surface area contributed by atoms with Gasteiger partial charge in [0.2, 0.25) is 11.7 Å². The van der Waals surface area contributed by atoms with Gasteiger partial charge in [-0.15, -0.1) is 0 Å². The topological polar surface area (TPSA) is 71.2 Å². The average molecular weight is 273 g/mol. The minimum absolute atomic E-state index is 0.0813. The van der Waals surface area contributed by atoms with Crippen molar-refractivity contribution in [2.75, 3.05) is 13.1 Å². The van der Waals surface area contributed by atoms with Crippen molar-refractivity contribution in [3.05, 3.63) is 30.2 Å². The molecule has 1 aromatic carbocycles. The van der Waals surface area contributed by atoms with E-state index in [1.54, 1.807) is 18.2 Å². The molecule has 0 aliphatic carbocycles. The van der Waals surface area contributed by atoms with Crippen molar-refractivity contribution in [3.8, 4) is 17.1 Å². The lowest BCUT2D eigenvalue weighted by Gasteiger charge is -2.27. The first-order chi connectivity index (χ1) is 9.62. The van der Waals surface area contributed by atoms with Gasteiger partial charge in [0.05, 0.1) is 5.41 Å². The van der Waals surface area contributed by atoms with Crippen molar-refractivity contribution in [2.24, 2.45) is 5.92 Å². The molecular weight excluding hydrogens is 254 g/mol. The van der Waals surface area contributed by atoms with E-state index >= 15 is 0 Å². The maximum Gasteiger partial charge on any atom is 0.234 e. The number of aromatic hydroxyl groups is 1. The fourth-order valence-corrected chi connectivity index (χ4v) is 2.82. The molecule has 2 aromatic rings. The van der Waals surface area contributed by atoms with E-state index in [2.05, 4.69) is 29.3 Å². The Labute approximate surface area is 118 Å². The first-order valence-corrected chi connectivity index (χ1v) is 6.96. The number of rotatable bonds is 3. The lowest BCUT2D eigenvalue weighted by Crippen LogP contribution is -2.35. The number of phenols is 1. The van der Waals surface area contributed by atoms with Crippen LogP contribution in [0.4, 0.5) is 0 Å². The molecule has 0 saturated carbocycles. The summed E-state index contributed by atoms with van der Waals surface area (Å²) >= 11 is 0. The molecule has 1 unspecified atom stereocenters. The van der Waals surface area contributed by atoms with Gasteiger partial charge in [-0.25, -0.2) is 0 Å². The Morgan fingerprint density at radius 1 is 1.40 bits per heavy atom. The number of hydrogen-bond donors (Lipinski definition) is 2. The molecule has 0 spiro atoms. The van der Waals surface area contributed by atoms with Gasteiger partial charge in [-0.05, 0) is 31.0 Å². The predicted molar refractivity (Wildman–Crippen MR) is 75.4 cm³/mol. The van der Waals surface area contributed by atoms with Crippen molar-refractivity contribution >= 4 is 0 Å². The number of phenolic OH excluding ortho intramolecular Hbond substituents is 1. The van der Waals surface area contributed by atoms with Gasteiger partial charge >= 0.3 is 0 Å². The molecule has 0 bridgehead atoms. The maximum atomic E-state index is 9.54. The number of nitrogens with one attached hydrogen (secondary N) is 1. The molecule has 0 amide bonds. The van der Waals surface area contributed by atoms with Crippen LogP contribution in [0.2, 0.25) is 0 Å². The number of nitrogens with zero attached hydrogens (tertiary/aromatic N) is 2. The van der Waals surface area contributed by atoms with Crippen LogP contribution in [0.1, 0.15) is 26.2 Å². The molecule has 1 aromatic heterocycles. The minimum Gasteiger partial charge on any atom is -0.508 e. The van der Waals surface area contributed by atoms with Crippen LogP contribution in [0, 0.1) is 5.92 Å². The molecule has 1 saturated heterocycles. The predicted octanol–water partition coefficient (Wildman–Crippen LogP) is 2.33. The van der Waals surface area contributed by atoms with Crippen molar-refractivity contribution in [1.82, 2.24) is 15.5 Å². The normalized spacial score (nSPS) is 22.6. The van der Waals surface area contributed by atoms with Crippen LogP contribution in [0.25, 0.3) is 11.4 Å². The molecule has 5 nitrogen and oxygen atoms in total. The third kappa shape index (κ3) is 2.08. The van der Waals surface area contributed by atoms with Gasteiger partial charge in [-0.2, -0.15) is 4.98 Å². The Morgan fingerprint density at radius 2 is 2.25 bits per heavy atom. The molecule has 5 heteroatoms. The molecule has 2 heterocycles. The van der Waals surface area contributed by atoms with Gasteiger partial charge in [0.25, 0.3) is 0 Å². The lowest BCUT2D eigenvalue weighted by atomic mass is 9.76. The monoisotopic (exact) mass is 273 g/mol. The Kier molecular flexibility index (Phi) is 3.22. The molecule has 3 rings (SSSR count). The lowest BCUT2D eigenvalue weighted by molar-refractivity contribution is 0.234. The summed E-state index contributed by atoms with van der Waals surface area (Å²) in [6.07, 6.45) is 1.01. The maximum absolute atomic E-state index is 9.54. The van der Waals surface area contributed by atoms with E-state index in [0.717, 1.165) is 25.1 Å². The van der Waals surface area contributed by atoms with E-state index in [9.17, 15) is 5.11 Å². The van der Waals surface area contributed by atoms with E-state index in [4.69, 9.17) is 4.52 Å². The SMILES string of the molecule is CC(C)C1(c2nc(-c3cccc(O)c3)no2)CCNC1. The van der Waals surface area contributed by atoms with Gasteiger partial charge in [-0.1, -0.05) is 31.1 Å². The summed E-state index contributed by atoms with van der Waals surface area (Å²) in [4.78, 5) is 4.57. The quantitative estimate of drug-likeness (QED) is 0.898. The molecule has 1 fully saturated rings. The average Bonchev–Trinajstić information content (AvgIpc) is 3.08. The summed E-state index contributed by atoms with van der Waals surface area (Å²) in [6, 6.07) is 6.91. The van der Waals surface area contributed by atoms with Crippen molar-refractivity contribution < 1.29 is 9.63 Å². The van der Waals surface area contributed by atoms with Crippen molar-refractivity contribution in [3.63, 3.8) is 0 Å². The summed E-state index contributed by atoms with van der Waals surface area (Å²) < 4.78 is 5.52. The Morgan fingerprint density at radius 3 is 2.90 bits per heavy atom. The van der Waals surface area contributed by atoms with Gasteiger partial charge in [0.15, 0.2) is 0 Å². The van der Waals surface area contributed by atoms with Gasteiger partial charge in [-0.3, -0.25) is 0 Å². The molecule has 1 aliphatic heterocycles. The van der Waals surface area contributed by atoms with Crippen LogP contribution >= 0.6 is 0 Å². The number of hydrogen-bond acceptors (Lipinski definition) is 5. The number of aromatic nitrogens is 2. The van der Waals surface area contributed by atoms with E-state index in [-0.39, 0.29) is 11.2 Å². The summed E-state index contributed by atoms with van der Waals surface area (Å²) in [5.41, 5.74) is 0.687. The van der Waals surface area contributed by atoms with Crippen LogP contribution in [0.5, 0.6) is 5.75 Å². The summed E-state index contributed by atoms with van der Waals surface area (Å²) in [6.45, 7) is 6.21. The molecule has 1 atom stereocenters. The smallest absolute Gasteiger partial charge is 0.234 e.